The molecule has 25 heavy (non-hydrogen) atoms. The molecule has 0 spiro atoms. The van der Waals surface area contributed by atoms with Gasteiger partial charge in [0.05, 0.1) is 0 Å². The van der Waals surface area contributed by atoms with Crippen LogP contribution in [0.5, 0.6) is 0 Å². The summed E-state index contributed by atoms with van der Waals surface area (Å²) in [6.07, 6.45) is 0.851. The van der Waals surface area contributed by atoms with E-state index < -0.39 is 0 Å². The van der Waals surface area contributed by atoms with Gasteiger partial charge in [0, 0.05) is 31.4 Å². The first-order valence-electron chi connectivity index (χ1n) is 8.44. The molecule has 0 aromatic heterocycles. The molecule has 3 amide bonds. The van der Waals surface area contributed by atoms with Crippen LogP contribution in [-0.4, -0.2) is 23.4 Å². The van der Waals surface area contributed by atoms with E-state index in [2.05, 4.69) is 16.7 Å². The Labute approximate surface area is 148 Å². The molecule has 2 aromatic carbocycles. The molecule has 1 aliphatic heterocycles. The zero-order valence-corrected chi connectivity index (χ0v) is 14.8. The SMILES string of the molecule is CC(=O)N1CCc2ccc(NC(=O)Nc3cc(C)cc(C)c3)cc2C1. The molecule has 0 saturated heterocycles. The molecule has 0 unspecified atom stereocenters. The van der Waals surface area contributed by atoms with Gasteiger partial charge in [-0.25, -0.2) is 4.79 Å². The summed E-state index contributed by atoms with van der Waals surface area (Å²) in [6.45, 7) is 6.94. The van der Waals surface area contributed by atoms with Crippen molar-refractivity contribution in [3.05, 3.63) is 58.7 Å². The number of urea groups is 1. The lowest BCUT2D eigenvalue weighted by molar-refractivity contribution is -0.129. The maximum absolute atomic E-state index is 12.3. The number of anilines is 2. The van der Waals surface area contributed by atoms with Crippen molar-refractivity contribution in [2.24, 2.45) is 0 Å². The van der Waals surface area contributed by atoms with E-state index in [1.807, 2.05) is 49.1 Å². The van der Waals surface area contributed by atoms with Gasteiger partial charge in [-0.2, -0.15) is 0 Å². The number of rotatable bonds is 2. The molecule has 0 aliphatic carbocycles. The van der Waals surface area contributed by atoms with Crippen molar-refractivity contribution in [1.82, 2.24) is 4.90 Å². The third-order valence-corrected chi connectivity index (χ3v) is 4.40. The van der Waals surface area contributed by atoms with Crippen LogP contribution in [0.1, 0.15) is 29.2 Å². The number of carbonyl (C=O) groups is 2. The van der Waals surface area contributed by atoms with Crippen LogP contribution in [0.2, 0.25) is 0 Å². The Morgan fingerprint density at radius 2 is 1.60 bits per heavy atom. The van der Waals surface area contributed by atoms with Crippen molar-refractivity contribution in [3.63, 3.8) is 0 Å². The highest BCUT2D eigenvalue weighted by Gasteiger charge is 2.18. The molecule has 2 aromatic rings. The number of amides is 3. The molecule has 5 nitrogen and oxygen atoms in total. The van der Waals surface area contributed by atoms with Gasteiger partial charge < -0.3 is 15.5 Å². The predicted octanol–water partition coefficient (Wildman–Crippen LogP) is 3.85. The van der Waals surface area contributed by atoms with E-state index >= 15 is 0 Å². The summed E-state index contributed by atoms with van der Waals surface area (Å²) in [5.41, 5.74) is 6.03. The fourth-order valence-corrected chi connectivity index (χ4v) is 3.24. The number of nitrogens with zero attached hydrogens (tertiary/aromatic N) is 1. The van der Waals surface area contributed by atoms with Crippen LogP contribution in [0, 0.1) is 13.8 Å². The fraction of sp³-hybridized carbons (Fsp3) is 0.300. The lowest BCUT2D eigenvalue weighted by atomic mass is 9.99. The predicted molar refractivity (Wildman–Crippen MR) is 99.8 cm³/mol. The van der Waals surface area contributed by atoms with Gasteiger partial charge in [-0.3, -0.25) is 4.79 Å². The van der Waals surface area contributed by atoms with E-state index in [1.165, 1.54) is 5.56 Å². The summed E-state index contributed by atoms with van der Waals surface area (Å²) in [4.78, 5) is 25.7. The number of hydrogen-bond acceptors (Lipinski definition) is 2. The molecule has 3 rings (SSSR count). The van der Waals surface area contributed by atoms with E-state index in [4.69, 9.17) is 0 Å². The van der Waals surface area contributed by atoms with E-state index in [-0.39, 0.29) is 11.9 Å². The first kappa shape index (κ1) is 17.0. The second-order valence-corrected chi connectivity index (χ2v) is 6.63. The van der Waals surface area contributed by atoms with Crippen molar-refractivity contribution < 1.29 is 9.59 Å². The minimum atomic E-state index is -0.274. The molecule has 0 saturated carbocycles. The summed E-state index contributed by atoms with van der Waals surface area (Å²) in [5.74, 6) is 0.0802. The van der Waals surface area contributed by atoms with Crippen molar-refractivity contribution in [3.8, 4) is 0 Å². The number of fused-ring (bicyclic) bond motifs is 1. The molecular formula is C20H23N3O2. The molecule has 0 fully saturated rings. The number of hydrogen-bond donors (Lipinski definition) is 2. The van der Waals surface area contributed by atoms with E-state index in [9.17, 15) is 9.59 Å². The molecule has 130 valence electrons. The Morgan fingerprint density at radius 1 is 0.920 bits per heavy atom. The van der Waals surface area contributed by atoms with Crippen LogP contribution in [0.15, 0.2) is 36.4 Å². The second kappa shape index (κ2) is 6.97. The largest absolute Gasteiger partial charge is 0.338 e. The van der Waals surface area contributed by atoms with Crippen LogP contribution in [-0.2, 0) is 17.8 Å². The quantitative estimate of drug-likeness (QED) is 0.874. The van der Waals surface area contributed by atoms with Crippen molar-refractivity contribution >= 4 is 23.3 Å². The monoisotopic (exact) mass is 337 g/mol. The molecule has 1 aliphatic rings. The summed E-state index contributed by atoms with van der Waals surface area (Å²) in [7, 11) is 0. The summed E-state index contributed by atoms with van der Waals surface area (Å²) in [6, 6.07) is 11.5. The Hall–Kier alpha value is -2.82. The molecule has 1 heterocycles. The summed E-state index contributed by atoms with van der Waals surface area (Å²) < 4.78 is 0. The lowest BCUT2D eigenvalue weighted by Crippen LogP contribution is -2.34. The number of aryl methyl sites for hydroxylation is 2. The van der Waals surface area contributed by atoms with Gasteiger partial charge in [0.25, 0.3) is 0 Å². The summed E-state index contributed by atoms with van der Waals surface area (Å²) in [5, 5.41) is 5.73. The van der Waals surface area contributed by atoms with E-state index in [1.54, 1.807) is 6.92 Å². The van der Waals surface area contributed by atoms with Crippen LogP contribution in [0.25, 0.3) is 0 Å². The van der Waals surface area contributed by atoms with Gasteiger partial charge >= 0.3 is 6.03 Å². The van der Waals surface area contributed by atoms with Crippen LogP contribution in [0.4, 0.5) is 16.2 Å². The average Bonchev–Trinajstić information content (AvgIpc) is 2.52. The molecule has 0 bridgehead atoms. The molecule has 0 atom stereocenters. The topological polar surface area (TPSA) is 61.4 Å². The standard InChI is InChI=1S/C20H23N3O2/c1-13-8-14(2)10-19(9-13)22-20(25)21-18-5-4-16-6-7-23(15(3)24)12-17(16)11-18/h4-5,8-11H,6-7,12H2,1-3H3,(H2,21,22,25). The summed E-state index contributed by atoms with van der Waals surface area (Å²) >= 11 is 0. The van der Waals surface area contributed by atoms with Crippen LogP contribution < -0.4 is 10.6 Å². The Balaban J connectivity index is 1.69. The highest BCUT2D eigenvalue weighted by atomic mass is 16.2. The average molecular weight is 337 g/mol. The first-order valence-corrected chi connectivity index (χ1v) is 8.44. The third-order valence-electron chi connectivity index (χ3n) is 4.40. The molecular weight excluding hydrogens is 314 g/mol. The molecule has 2 N–H and O–H groups in total. The number of benzene rings is 2. The van der Waals surface area contributed by atoms with Gasteiger partial charge in [-0.1, -0.05) is 12.1 Å². The van der Waals surface area contributed by atoms with Crippen molar-refractivity contribution in [2.45, 2.75) is 33.7 Å². The van der Waals surface area contributed by atoms with Gasteiger partial charge in [-0.05, 0) is 66.8 Å². The van der Waals surface area contributed by atoms with Gasteiger partial charge in [0.2, 0.25) is 5.91 Å². The molecule has 0 radical (unpaired) electrons. The molecule has 5 heteroatoms. The van der Waals surface area contributed by atoms with Gasteiger partial charge in [0.1, 0.15) is 0 Å². The highest BCUT2D eigenvalue weighted by molar-refractivity contribution is 5.99. The van der Waals surface area contributed by atoms with E-state index in [0.29, 0.717) is 6.54 Å². The lowest BCUT2D eigenvalue weighted by Gasteiger charge is -2.28. The number of carbonyl (C=O) groups excluding carboxylic acids is 2. The Morgan fingerprint density at radius 3 is 2.28 bits per heavy atom. The zero-order chi connectivity index (χ0) is 18.0. The minimum Gasteiger partial charge on any atom is -0.338 e. The van der Waals surface area contributed by atoms with Crippen LogP contribution in [0.3, 0.4) is 0 Å². The van der Waals surface area contributed by atoms with Crippen molar-refractivity contribution in [2.75, 3.05) is 17.2 Å². The van der Waals surface area contributed by atoms with Gasteiger partial charge in [-0.15, -0.1) is 0 Å². The van der Waals surface area contributed by atoms with Crippen LogP contribution >= 0.6 is 0 Å². The zero-order valence-electron chi connectivity index (χ0n) is 14.8. The van der Waals surface area contributed by atoms with Crippen molar-refractivity contribution in [1.29, 1.82) is 0 Å². The third kappa shape index (κ3) is 4.18. The maximum atomic E-state index is 12.3. The number of nitrogens with one attached hydrogen (secondary N) is 2. The first-order chi connectivity index (χ1) is 11.9. The van der Waals surface area contributed by atoms with E-state index in [0.717, 1.165) is 41.0 Å². The van der Waals surface area contributed by atoms with Gasteiger partial charge in [0.15, 0.2) is 0 Å². The maximum Gasteiger partial charge on any atom is 0.323 e. The smallest absolute Gasteiger partial charge is 0.323 e. The highest BCUT2D eigenvalue weighted by Crippen LogP contribution is 2.23. The fourth-order valence-electron chi connectivity index (χ4n) is 3.24. The normalized spacial score (nSPS) is 13.2. The Kier molecular flexibility index (Phi) is 4.74. The Bertz CT molecular complexity index is 809. The minimum absolute atomic E-state index is 0.0802. The second-order valence-electron chi connectivity index (χ2n) is 6.63.